The van der Waals surface area contributed by atoms with Crippen LogP contribution in [0.4, 0.5) is 11.4 Å². The second-order valence-corrected chi connectivity index (χ2v) is 12.2. The van der Waals surface area contributed by atoms with Crippen molar-refractivity contribution in [1.29, 1.82) is 0 Å². The van der Waals surface area contributed by atoms with Gasteiger partial charge in [0.25, 0.3) is 0 Å². The van der Waals surface area contributed by atoms with Crippen LogP contribution in [-0.4, -0.2) is 63.2 Å². The van der Waals surface area contributed by atoms with Gasteiger partial charge in [0.05, 0.1) is 19.6 Å². The zero-order valence-corrected chi connectivity index (χ0v) is 23.9. The highest BCUT2D eigenvalue weighted by molar-refractivity contribution is 5.69. The van der Waals surface area contributed by atoms with E-state index in [1.807, 2.05) is 24.3 Å². The standard InChI is InChI=1S/C32H44N2O5/c1-32(2)15-5-6-29(32)28-12-11-26(37-3)20-30(28)33-16-13-25(14-17-33)39-24-9-7-22(8-10-24)34-21-27(38-4)18-23(34)19-31(35)36/h7-12,20,23,25,27,29H,5-6,13-19,21H2,1-4H3,(H,35,36). The van der Waals surface area contributed by atoms with Crippen LogP contribution in [0.2, 0.25) is 0 Å². The van der Waals surface area contributed by atoms with Crippen LogP contribution < -0.4 is 19.3 Å². The molecule has 39 heavy (non-hydrogen) atoms. The summed E-state index contributed by atoms with van der Waals surface area (Å²) in [6.45, 7) is 7.45. The average molecular weight is 537 g/mol. The molecule has 0 radical (unpaired) electrons. The molecule has 1 aliphatic carbocycles. The second kappa shape index (κ2) is 11.7. The first kappa shape index (κ1) is 27.6. The van der Waals surface area contributed by atoms with E-state index in [1.165, 1.54) is 30.5 Å². The summed E-state index contributed by atoms with van der Waals surface area (Å²) in [5, 5.41) is 9.34. The van der Waals surface area contributed by atoms with E-state index < -0.39 is 5.97 Å². The third kappa shape index (κ3) is 6.13. The van der Waals surface area contributed by atoms with Crippen LogP contribution in [0.15, 0.2) is 42.5 Å². The zero-order chi connectivity index (χ0) is 27.6. The summed E-state index contributed by atoms with van der Waals surface area (Å²) >= 11 is 0. The van der Waals surface area contributed by atoms with E-state index in [-0.39, 0.29) is 24.7 Å². The Labute approximate surface area is 233 Å². The molecule has 2 aliphatic heterocycles. The predicted octanol–water partition coefficient (Wildman–Crippen LogP) is 6.11. The smallest absolute Gasteiger partial charge is 0.305 e. The number of carboxylic acids is 1. The minimum absolute atomic E-state index is 0.0557. The molecule has 2 aromatic rings. The van der Waals surface area contributed by atoms with Gasteiger partial charge in [-0.15, -0.1) is 0 Å². The summed E-state index contributed by atoms with van der Waals surface area (Å²) < 4.78 is 17.5. The van der Waals surface area contributed by atoms with Crippen molar-refractivity contribution in [1.82, 2.24) is 0 Å². The molecule has 1 N–H and O–H groups in total. The summed E-state index contributed by atoms with van der Waals surface area (Å²) in [5.74, 6) is 1.59. The van der Waals surface area contributed by atoms with Gasteiger partial charge in [0.2, 0.25) is 0 Å². The molecule has 3 atom stereocenters. The van der Waals surface area contributed by atoms with Crippen molar-refractivity contribution < 1.29 is 24.1 Å². The van der Waals surface area contributed by atoms with Gasteiger partial charge in [0, 0.05) is 63.1 Å². The van der Waals surface area contributed by atoms with Gasteiger partial charge in [-0.25, -0.2) is 0 Å². The number of carboxylic acid groups (broad SMARTS) is 1. The van der Waals surface area contributed by atoms with Gasteiger partial charge in [0.15, 0.2) is 0 Å². The van der Waals surface area contributed by atoms with Gasteiger partial charge in [-0.3, -0.25) is 4.79 Å². The molecule has 3 aliphatic rings. The molecule has 2 saturated heterocycles. The number of methoxy groups -OCH3 is 2. The van der Waals surface area contributed by atoms with Crippen molar-refractivity contribution in [2.75, 3.05) is 43.7 Å². The lowest BCUT2D eigenvalue weighted by atomic mass is 9.77. The molecular weight excluding hydrogens is 492 g/mol. The molecule has 212 valence electrons. The predicted molar refractivity (Wildman–Crippen MR) is 154 cm³/mol. The summed E-state index contributed by atoms with van der Waals surface area (Å²) in [6, 6.07) is 14.7. The lowest BCUT2D eigenvalue weighted by molar-refractivity contribution is -0.137. The molecule has 0 aromatic heterocycles. The van der Waals surface area contributed by atoms with Crippen LogP contribution in [0.25, 0.3) is 0 Å². The van der Waals surface area contributed by atoms with Gasteiger partial charge in [-0.2, -0.15) is 0 Å². The molecule has 2 aromatic carbocycles. The highest BCUT2D eigenvalue weighted by Gasteiger charge is 2.38. The number of aliphatic carboxylic acids is 1. The molecule has 0 spiro atoms. The quantitative estimate of drug-likeness (QED) is 0.415. The third-order valence-corrected chi connectivity index (χ3v) is 9.24. The number of carbonyl (C=O) groups is 1. The Kier molecular flexibility index (Phi) is 8.27. The highest BCUT2D eigenvalue weighted by Crippen LogP contribution is 2.51. The van der Waals surface area contributed by atoms with Gasteiger partial charge in [-0.1, -0.05) is 26.3 Å². The van der Waals surface area contributed by atoms with E-state index in [9.17, 15) is 9.90 Å². The summed E-state index contributed by atoms with van der Waals surface area (Å²) in [4.78, 5) is 16.0. The molecule has 7 heteroatoms. The van der Waals surface area contributed by atoms with E-state index in [4.69, 9.17) is 14.2 Å². The molecule has 2 heterocycles. The Balaban J connectivity index is 1.22. The van der Waals surface area contributed by atoms with E-state index in [0.29, 0.717) is 17.9 Å². The highest BCUT2D eigenvalue weighted by atomic mass is 16.5. The topological polar surface area (TPSA) is 71.5 Å². The number of ether oxygens (including phenoxy) is 3. The van der Waals surface area contributed by atoms with Gasteiger partial charge >= 0.3 is 5.97 Å². The number of nitrogens with zero attached hydrogens (tertiary/aromatic N) is 2. The van der Waals surface area contributed by atoms with Crippen molar-refractivity contribution in [3.05, 3.63) is 48.0 Å². The van der Waals surface area contributed by atoms with Gasteiger partial charge < -0.3 is 29.1 Å². The minimum Gasteiger partial charge on any atom is -0.497 e. The van der Waals surface area contributed by atoms with Crippen LogP contribution in [0.5, 0.6) is 11.5 Å². The normalized spacial score (nSPS) is 25.2. The molecule has 0 amide bonds. The first-order valence-corrected chi connectivity index (χ1v) is 14.5. The lowest BCUT2D eigenvalue weighted by Gasteiger charge is -2.37. The number of rotatable bonds is 9. The van der Waals surface area contributed by atoms with Crippen molar-refractivity contribution in [2.24, 2.45) is 5.41 Å². The Morgan fingerprint density at radius 2 is 1.72 bits per heavy atom. The van der Waals surface area contributed by atoms with Crippen LogP contribution in [0.1, 0.15) is 70.3 Å². The fraction of sp³-hybridized carbons (Fsp3) is 0.594. The largest absolute Gasteiger partial charge is 0.497 e. The van der Waals surface area contributed by atoms with Crippen molar-refractivity contribution in [2.45, 2.75) is 83.0 Å². The summed E-state index contributed by atoms with van der Waals surface area (Å²) in [7, 11) is 3.44. The van der Waals surface area contributed by atoms with Crippen LogP contribution in [0, 0.1) is 5.41 Å². The maximum Gasteiger partial charge on any atom is 0.305 e. The Morgan fingerprint density at radius 3 is 2.33 bits per heavy atom. The minimum atomic E-state index is -0.777. The lowest BCUT2D eigenvalue weighted by Crippen LogP contribution is -2.39. The summed E-state index contributed by atoms with van der Waals surface area (Å²) in [6.07, 6.45) is 6.84. The van der Waals surface area contributed by atoms with Crippen molar-refractivity contribution >= 4 is 17.3 Å². The molecule has 5 rings (SSSR count). The number of hydrogen-bond acceptors (Lipinski definition) is 6. The average Bonchev–Trinajstić information content (AvgIpc) is 3.50. The van der Waals surface area contributed by atoms with E-state index in [0.717, 1.165) is 49.5 Å². The van der Waals surface area contributed by atoms with Gasteiger partial charge in [0.1, 0.15) is 17.6 Å². The zero-order valence-electron chi connectivity index (χ0n) is 23.9. The van der Waals surface area contributed by atoms with Crippen LogP contribution >= 0.6 is 0 Å². The Morgan fingerprint density at radius 1 is 1.00 bits per heavy atom. The monoisotopic (exact) mass is 536 g/mol. The SMILES string of the molecule is COc1ccc(C2CCCC2(C)C)c(N2CCC(Oc3ccc(N4CC(OC)CC4CC(=O)O)cc3)CC2)c1. The number of anilines is 2. The van der Waals surface area contributed by atoms with Crippen molar-refractivity contribution in [3.63, 3.8) is 0 Å². The van der Waals surface area contributed by atoms with Crippen LogP contribution in [0.3, 0.4) is 0 Å². The maximum atomic E-state index is 11.4. The van der Waals surface area contributed by atoms with E-state index >= 15 is 0 Å². The first-order valence-electron chi connectivity index (χ1n) is 14.5. The number of hydrogen-bond donors (Lipinski definition) is 1. The molecule has 3 unspecified atom stereocenters. The van der Waals surface area contributed by atoms with Crippen LogP contribution in [-0.2, 0) is 9.53 Å². The first-order chi connectivity index (χ1) is 18.8. The fourth-order valence-electron chi connectivity index (χ4n) is 7.00. The number of benzene rings is 2. The van der Waals surface area contributed by atoms with Gasteiger partial charge in [-0.05, 0) is 66.5 Å². The number of piperidine rings is 1. The molecular formula is C32H44N2O5. The molecule has 3 fully saturated rings. The molecule has 7 nitrogen and oxygen atoms in total. The molecule has 0 bridgehead atoms. The van der Waals surface area contributed by atoms with E-state index in [2.05, 4.69) is 41.8 Å². The summed E-state index contributed by atoms with van der Waals surface area (Å²) in [5.41, 5.74) is 4.13. The third-order valence-electron chi connectivity index (χ3n) is 9.24. The molecule has 1 saturated carbocycles. The second-order valence-electron chi connectivity index (χ2n) is 12.2. The van der Waals surface area contributed by atoms with E-state index in [1.54, 1.807) is 14.2 Å². The Bertz CT molecular complexity index is 1130. The van der Waals surface area contributed by atoms with Crippen molar-refractivity contribution in [3.8, 4) is 11.5 Å². The maximum absolute atomic E-state index is 11.4. The Hall–Kier alpha value is -2.93. The fourth-order valence-corrected chi connectivity index (χ4v) is 7.00.